The molecule has 0 aromatic heterocycles. The van der Waals surface area contributed by atoms with Gasteiger partial charge in [0.05, 0.1) is 17.3 Å². The summed E-state index contributed by atoms with van der Waals surface area (Å²) >= 11 is 0. The number of anilines is 1. The van der Waals surface area contributed by atoms with E-state index in [9.17, 15) is 4.79 Å². The number of nitrogens with one attached hydrogen (secondary N) is 2. The van der Waals surface area contributed by atoms with Crippen molar-refractivity contribution in [2.75, 3.05) is 4.90 Å². The number of carbonyl (C=O) groups is 1. The van der Waals surface area contributed by atoms with Crippen molar-refractivity contribution in [3.05, 3.63) is 59.3 Å². The zero-order valence-electron chi connectivity index (χ0n) is 17.8. The van der Waals surface area contributed by atoms with Crippen molar-refractivity contribution in [1.82, 2.24) is 5.32 Å². The molecule has 2 N–H and O–H groups in total. The van der Waals surface area contributed by atoms with Crippen LogP contribution in [0.4, 0.5) is 5.69 Å². The third kappa shape index (κ3) is 4.31. The van der Waals surface area contributed by atoms with E-state index in [1.807, 2.05) is 23.2 Å². The van der Waals surface area contributed by atoms with Gasteiger partial charge in [0.2, 0.25) is 5.91 Å². The minimum atomic E-state index is 0.00347. The molecule has 158 valence electrons. The molecule has 0 saturated heterocycles. The molecule has 2 aromatic carbocycles. The number of hydrogen-bond donors (Lipinski definition) is 2. The van der Waals surface area contributed by atoms with Crippen molar-refractivity contribution >= 4 is 23.4 Å². The molecule has 1 unspecified atom stereocenters. The molecule has 1 atom stereocenters. The van der Waals surface area contributed by atoms with Gasteiger partial charge in [0.15, 0.2) is 0 Å². The Bertz CT molecular complexity index is 1080. The monoisotopic (exact) mass is 414 g/mol. The Hall–Kier alpha value is -3.59. The lowest BCUT2D eigenvalue weighted by atomic mass is 9.91. The molecule has 4 rings (SSSR count). The summed E-state index contributed by atoms with van der Waals surface area (Å²) in [6, 6.07) is 13.6. The van der Waals surface area contributed by atoms with E-state index < -0.39 is 0 Å². The third-order valence-corrected chi connectivity index (χ3v) is 5.81. The second kappa shape index (κ2) is 8.65. The molecule has 1 heterocycles. The highest BCUT2D eigenvalue weighted by Crippen LogP contribution is 2.43. The number of allylic oxidation sites excluding steroid dienone is 1. The van der Waals surface area contributed by atoms with Gasteiger partial charge in [-0.2, -0.15) is 5.26 Å². The second-order valence-electron chi connectivity index (χ2n) is 8.14. The first-order valence-electron chi connectivity index (χ1n) is 10.6. The molecule has 1 saturated carbocycles. The maximum Gasteiger partial charge on any atom is 0.224 e. The van der Waals surface area contributed by atoms with Crippen molar-refractivity contribution in [2.45, 2.75) is 51.6 Å². The summed E-state index contributed by atoms with van der Waals surface area (Å²) in [4.78, 5) is 14.2. The molecule has 0 radical (unpaired) electrons. The van der Waals surface area contributed by atoms with E-state index in [2.05, 4.69) is 18.3 Å². The van der Waals surface area contributed by atoms with E-state index in [-0.39, 0.29) is 11.9 Å². The van der Waals surface area contributed by atoms with Crippen molar-refractivity contribution in [2.24, 2.45) is 0 Å². The molecule has 0 bridgehead atoms. The molecule has 2 aromatic rings. The SMILES string of the molecule is CC(=O)N1c2ccc(/C(C=N)=C/NC3CC3)c(Oc3ccc(C#N)cc3)c2CCC1C. The van der Waals surface area contributed by atoms with Gasteiger partial charge in [-0.25, -0.2) is 0 Å². The summed E-state index contributed by atoms with van der Waals surface area (Å²) in [7, 11) is 0. The summed E-state index contributed by atoms with van der Waals surface area (Å²) in [6.45, 7) is 3.64. The van der Waals surface area contributed by atoms with Gasteiger partial charge in [0, 0.05) is 48.1 Å². The fourth-order valence-corrected chi connectivity index (χ4v) is 4.00. The average Bonchev–Trinajstić information content (AvgIpc) is 3.59. The van der Waals surface area contributed by atoms with Crippen molar-refractivity contribution < 1.29 is 9.53 Å². The number of nitrogens with zero attached hydrogens (tertiary/aromatic N) is 2. The number of benzene rings is 2. The summed E-state index contributed by atoms with van der Waals surface area (Å²) in [6.07, 6.45) is 7.12. The number of fused-ring (bicyclic) bond motifs is 1. The van der Waals surface area contributed by atoms with Crippen LogP contribution in [0.1, 0.15) is 49.8 Å². The van der Waals surface area contributed by atoms with Gasteiger partial charge >= 0.3 is 0 Å². The Kier molecular flexibility index (Phi) is 5.77. The lowest BCUT2D eigenvalue weighted by molar-refractivity contribution is -0.117. The maximum atomic E-state index is 12.4. The minimum Gasteiger partial charge on any atom is -0.456 e. The molecular formula is C25H26N4O2. The summed E-state index contributed by atoms with van der Waals surface area (Å²) in [5, 5.41) is 20.4. The van der Waals surface area contributed by atoms with Gasteiger partial charge in [-0.15, -0.1) is 0 Å². The number of carbonyl (C=O) groups excluding carboxylic acids is 1. The predicted octanol–water partition coefficient (Wildman–Crippen LogP) is 4.78. The molecule has 2 aliphatic rings. The van der Waals surface area contributed by atoms with Crippen molar-refractivity contribution in [1.29, 1.82) is 10.7 Å². The van der Waals surface area contributed by atoms with Gasteiger partial charge in [-0.05, 0) is 69.0 Å². The second-order valence-corrected chi connectivity index (χ2v) is 8.14. The zero-order chi connectivity index (χ0) is 22.0. The van der Waals surface area contributed by atoms with Crippen LogP contribution in [0.5, 0.6) is 11.5 Å². The largest absolute Gasteiger partial charge is 0.456 e. The number of rotatable bonds is 6. The highest BCUT2D eigenvalue weighted by atomic mass is 16.5. The van der Waals surface area contributed by atoms with Gasteiger partial charge in [-0.3, -0.25) is 4.79 Å². The number of ether oxygens (including phenoxy) is 1. The highest BCUT2D eigenvalue weighted by Gasteiger charge is 2.30. The summed E-state index contributed by atoms with van der Waals surface area (Å²) in [5.41, 5.74) is 3.93. The van der Waals surface area contributed by atoms with E-state index in [0.717, 1.165) is 48.1 Å². The lowest BCUT2D eigenvalue weighted by Gasteiger charge is -2.36. The first-order chi connectivity index (χ1) is 15.0. The molecule has 1 aliphatic carbocycles. The lowest BCUT2D eigenvalue weighted by Crippen LogP contribution is -2.40. The molecule has 31 heavy (non-hydrogen) atoms. The van der Waals surface area contributed by atoms with Crippen LogP contribution in [0, 0.1) is 16.7 Å². The molecular weight excluding hydrogens is 388 g/mol. The topological polar surface area (TPSA) is 89.2 Å². The van der Waals surface area contributed by atoms with E-state index in [0.29, 0.717) is 23.1 Å². The molecule has 1 fully saturated rings. The van der Waals surface area contributed by atoms with E-state index in [1.165, 1.54) is 6.21 Å². The van der Waals surface area contributed by atoms with Crippen LogP contribution in [0.2, 0.25) is 0 Å². The Balaban J connectivity index is 1.82. The Morgan fingerprint density at radius 1 is 1.23 bits per heavy atom. The van der Waals surface area contributed by atoms with Crippen molar-refractivity contribution in [3.8, 4) is 17.6 Å². The molecule has 0 spiro atoms. The van der Waals surface area contributed by atoms with Crippen molar-refractivity contribution in [3.63, 3.8) is 0 Å². The Labute approximate surface area is 182 Å². The minimum absolute atomic E-state index is 0.00347. The summed E-state index contributed by atoms with van der Waals surface area (Å²) in [5.74, 6) is 1.28. The van der Waals surface area contributed by atoms with Crippen LogP contribution in [-0.2, 0) is 11.2 Å². The smallest absolute Gasteiger partial charge is 0.224 e. The first-order valence-corrected chi connectivity index (χ1v) is 10.6. The fraction of sp³-hybridized carbons (Fsp3) is 0.320. The number of hydrogen-bond acceptors (Lipinski definition) is 5. The average molecular weight is 415 g/mol. The van der Waals surface area contributed by atoms with E-state index in [1.54, 1.807) is 31.2 Å². The number of nitriles is 1. The third-order valence-electron chi connectivity index (χ3n) is 5.81. The van der Waals surface area contributed by atoms with Crippen LogP contribution < -0.4 is 15.0 Å². The molecule has 6 heteroatoms. The van der Waals surface area contributed by atoms with E-state index in [4.69, 9.17) is 15.4 Å². The molecule has 6 nitrogen and oxygen atoms in total. The van der Waals surface area contributed by atoms with Crippen LogP contribution in [0.25, 0.3) is 5.57 Å². The van der Waals surface area contributed by atoms with Gasteiger partial charge in [0.1, 0.15) is 11.5 Å². The van der Waals surface area contributed by atoms with E-state index >= 15 is 0 Å². The summed E-state index contributed by atoms with van der Waals surface area (Å²) < 4.78 is 6.36. The first kappa shape index (κ1) is 20.7. The normalized spacial score (nSPS) is 18.0. The Morgan fingerprint density at radius 2 is 1.97 bits per heavy atom. The van der Waals surface area contributed by atoms with Crippen LogP contribution in [-0.4, -0.2) is 24.2 Å². The van der Waals surface area contributed by atoms with Crippen LogP contribution in [0.3, 0.4) is 0 Å². The van der Waals surface area contributed by atoms with Crippen LogP contribution in [0.15, 0.2) is 42.6 Å². The molecule has 1 aliphatic heterocycles. The van der Waals surface area contributed by atoms with Gasteiger partial charge < -0.3 is 20.4 Å². The zero-order valence-corrected chi connectivity index (χ0v) is 17.8. The predicted molar refractivity (Wildman–Crippen MR) is 122 cm³/mol. The highest BCUT2D eigenvalue weighted by molar-refractivity contribution is 6.10. The van der Waals surface area contributed by atoms with Crippen LogP contribution >= 0.6 is 0 Å². The standard InChI is InChI=1S/C25H26N4O2/c1-16-3-10-23-24(29(16)17(2)30)12-11-22(19(14-27)15-28-20-6-7-20)25(23)31-21-8-4-18(13-26)5-9-21/h4-5,8-9,11-12,14-16,20,27-28H,3,6-7,10H2,1-2H3/b19-15+,27-14?. The van der Waals surface area contributed by atoms with Gasteiger partial charge in [0.25, 0.3) is 0 Å². The maximum absolute atomic E-state index is 12.4. The number of amides is 1. The Morgan fingerprint density at radius 3 is 2.58 bits per heavy atom. The van der Waals surface area contributed by atoms with Gasteiger partial charge in [-0.1, -0.05) is 0 Å². The fourth-order valence-electron chi connectivity index (χ4n) is 4.00. The molecule has 1 amide bonds. The quantitative estimate of drug-likeness (QED) is 0.666.